The molecule has 0 spiro atoms. The Hall–Kier alpha value is -1.51. The lowest BCUT2D eigenvalue weighted by molar-refractivity contribution is 0.0935. The number of carbonyl (C=O) groups excluding carboxylic acids is 1. The Labute approximate surface area is 90.7 Å². The van der Waals surface area contributed by atoms with Gasteiger partial charge in [-0.15, -0.1) is 0 Å². The number of rotatable bonds is 4. The molecule has 0 saturated heterocycles. The topological polar surface area (TPSA) is 55.1 Å². The van der Waals surface area contributed by atoms with E-state index in [0.29, 0.717) is 11.3 Å². The van der Waals surface area contributed by atoms with Gasteiger partial charge in [0.25, 0.3) is 5.91 Å². The molecule has 3 nitrogen and oxygen atoms in total. The molecule has 3 N–H and O–H groups in total. The number of hydrogen-bond acceptors (Lipinski definition) is 2. The van der Waals surface area contributed by atoms with E-state index in [0.717, 1.165) is 12.8 Å². The number of benzene rings is 1. The number of amides is 1. The Morgan fingerprint density at radius 3 is 2.60 bits per heavy atom. The summed E-state index contributed by atoms with van der Waals surface area (Å²) in [5.74, 6) is -0.0454. The Bertz CT molecular complexity index is 332. The minimum absolute atomic E-state index is 0.0454. The van der Waals surface area contributed by atoms with Crippen molar-refractivity contribution in [2.75, 3.05) is 5.73 Å². The smallest absolute Gasteiger partial charge is 0.251 e. The summed E-state index contributed by atoms with van der Waals surface area (Å²) in [6.07, 6.45) is 1.90. The Morgan fingerprint density at radius 2 is 2.07 bits per heavy atom. The molecule has 15 heavy (non-hydrogen) atoms. The zero-order valence-corrected chi connectivity index (χ0v) is 9.29. The van der Waals surface area contributed by atoms with Crippen LogP contribution in [-0.4, -0.2) is 11.9 Å². The highest BCUT2D eigenvalue weighted by atomic mass is 16.1. The van der Waals surface area contributed by atoms with Crippen molar-refractivity contribution in [2.24, 2.45) is 0 Å². The molecule has 0 aliphatic rings. The van der Waals surface area contributed by atoms with Crippen molar-refractivity contribution in [1.29, 1.82) is 0 Å². The van der Waals surface area contributed by atoms with E-state index in [2.05, 4.69) is 19.2 Å². The van der Waals surface area contributed by atoms with Gasteiger partial charge in [0.2, 0.25) is 0 Å². The van der Waals surface area contributed by atoms with Crippen molar-refractivity contribution in [2.45, 2.75) is 32.7 Å². The molecule has 82 valence electrons. The van der Waals surface area contributed by atoms with Crippen LogP contribution in [0.2, 0.25) is 0 Å². The monoisotopic (exact) mass is 206 g/mol. The molecule has 0 bridgehead atoms. The summed E-state index contributed by atoms with van der Waals surface area (Å²) < 4.78 is 0. The van der Waals surface area contributed by atoms with Crippen LogP contribution < -0.4 is 11.1 Å². The van der Waals surface area contributed by atoms with Crippen molar-refractivity contribution >= 4 is 11.6 Å². The first-order chi connectivity index (χ1) is 7.17. The number of nitrogen functional groups attached to an aromatic ring is 1. The van der Waals surface area contributed by atoms with Gasteiger partial charge in [-0.3, -0.25) is 4.79 Å². The van der Waals surface area contributed by atoms with E-state index < -0.39 is 0 Å². The van der Waals surface area contributed by atoms with E-state index in [-0.39, 0.29) is 11.9 Å². The molecule has 0 heterocycles. The molecule has 1 amide bonds. The predicted octanol–water partition coefficient (Wildman–Crippen LogP) is 2.19. The molecular weight excluding hydrogens is 188 g/mol. The van der Waals surface area contributed by atoms with E-state index in [1.54, 1.807) is 24.3 Å². The van der Waals surface area contributed by atoms with Crippen LogP contribution in [-0.2, 0) is 0 Å². The quantitative estimate of drug-likeness (QED) is 0.742. The van der Waals surface area contributed by atoms with Crippen LogP contribution in [0, 0.1) is 0 Å². The second-order valence-corrected chi connectivity index (χ2v) is 3.61. The van der Waals surface area contributed by atoms with Crippen molar-refractivity contribution in [3.8, 4) is 0 Å². The highest BCUT2D eigenvalue weighted by Crippen LogP contribution is 2.07. The molecule has 0 unspecified atom stereocenters. The van der Waals surface area contributed by atoms with Crippen LogP contribution in [0.3, 0.4) is 0 Å². The fourth-order valence-electron chi connectivity index (χ4n) is 1.44. The van der Waals surface area contributed by atoms with E-state index >= 15 is 0 Å². The van der Waals surface area contributed by atoms with Gasteiger partial charge in [-0.05, 0) is 31.0 Å². The lowest BCUT2D eigenvalue weighted by Crippen LogP contribution is -2.33. The number of nitrogens with one attached hydrogen (secondary N) is 1. The Morgan fingerprint density at radius 1 is 1.40 bits per heavy atom. The lowest BCUT2D eigenvalue weighted by Gasteiger charge is -2.14. The molecule has 0 aliphatic heterocycles. The highest BCUT2D eigenvalue weighted by molar-refractivity contribution is 5.95. The van der Waals surface area contributed by atoms with Crippen LogP contribution in [0.4, 0.5) is 5.69 Å². The fraction of sp³-hybridized carbons (Fsp3) is 0.417. The molecule has 0 radical (unpaired) electrons. The maximum absolute atomic E-state index is 11.8. The zero-order chi connectivity index (χ0) is 11.3. The predicted molar refractivity (Wildman–Crippen MR) is 62.7 cm³/mol. The van der Waals surface area contributed by atoms with Gasteiger partial charge in [0.05, 0.1) is 0 Å². The second kappa shape index (κ2) is 5.39. The minimum Gasteiger partial charge on any atom is -0.399 e. The van der Waals surface area contributed by atoms with E-state index in [1.165, 1.54) is 0 Å². The summed E-state index contributed by atoms with van der Waals surface area (Å²) in [5.41, 5.74) is 6.86. The zero-order valence-electron chi connectivity index (χ0n) is 9.29. The first kappa shape index (κ1) is 11.6. The summed E-state index contributed by atoms with van der Waals surface area (Å²) in [4.78, 5) is 11.8. The second-order valence-electron chi connectivity index (χ2n) is 3.61. The highest BCUT2D eigenvalue weighted by Gasteiger charge is 2.10. The third-order valence-electron chi connectivity index (χ3n) is 2.47. The molecule has 0 aromatic heterocycles. The van der Waals surface area contributed by atoms with Gasteiger partial charge >= 0.3 is 0 Å². The minimum atomic E-state index is -0.0454. The average Bonchev–Trinajstić information content (AvgIpc) is 2.25. The molecule has 1 rings (SSSR count). The van der Waals surface area contributed by atoms with Gasteiger partial charge in [-0.2, -0.15) is 0 Å². The van der Waals surface area contributed by atoms with Crippen LogP contribution in [0.15, 0.2) is 24.3 Å². The molecule has 0 saturated carbocycles. The van der Waals surface area contributed by atoms with Gasteiger partial charge in [0, 0.05) is 17.3 Å². The molecule has 0 fully saturated rings. The van der Waals surface area contributed by atoms with Gasteiger partial charge in [-0.25, -0.2) is 0 Å². The van der Waals surface area contributed by atoms with Crippen LogP contribution in [0.5, 0.6) is 0 Å². The number of hydrogen-bond donors (Lipinski definition) is 2. The Kier molecular flexibility index (Phi) is 4.16. The number of nitrogens with two attached hydrogens (primary N) is 1. The number of anilines is 1. The van der Waals surface area contributed by atoms with Gasteiger partial charge in [0.1, 0.15) is 0 Å². The standard InChI is InChI=1S/C12H18N2O/c1-3-11(4-2)14-12(15)9-6-5-7-10(13)8-9/h5-8,11H,3-4,13H2,1-2H3,(H,14,15). The summed E-state index contributed by atoms with van der Waals surface area (Å²) in [6, 6.07) is 7.27. The van der Waals surface area contributed by atoms with E-state index in [1.807, 2.05) is 0 Å². The third-order valence-corrected chi connectivity index (χ3v) is 2.47. The third kappa shape index (κ3) is 3.27. The van der Waals surface area contributed by atoms with Crippen LogP contribution in [0.25, 0.3) is 0 Å². The molecule has 3 heteroatoms. The van der Waals surface area contributed by atoms with Crippen LogP contribution >= 0.6 is 0 Å². The fourth-order valence-corrected chi connectivity index (χ4v) is 1.44. The number of carbonyl (C=O) groups is 1. The molecule has 1 aromatic rings. The first-order valence-corrected chi connectivity index (χ1v) is 5.33. The van der Waals surface area contributed by atoms with Gasteiger partial charge < -0.3 is 11.1 Å². The summed E-state index contributed by atoms with van der Waals surface area (Å²) >= 11 is 0. The van der Waals surface area contributed by atoms with Gasteiger partial charge in [-0.1, -0.05) is 19.9 Å². The van der Waals surface area contributed by atoms with Crippen molar-refractivity contribution < 1.29 is 4.79 Å². The SMILES string of the molecule is CCC(CC)NC(=O)c1cccc(N)c1. The van der Waals surface area contributed by atoms with Gasteiger partial charge in [0.15, 0.2) is 0 Å². The van der Waals surface area contributed by atoms with Crippen molar-refractivity contribution in [3.63, 3.8) is 0 Å². The normalized spacial score (nSPS) is 10.3. The first-order valence-electron chi connectivity index (χ1n) is 5.33. The average molecular weight is 206 g/mol. The largest absolute Gasteiger partial charge is 0.399 e. The maximum atomic E-state index is 11.8. The molecule has 0 aliphatic carbocycles. The Balaban J connectivity index is 2.68. The summed E-state index contributed by atoms with van der Waals surface area (Å²) in [5, 5.41) is 2.97. The summed E-state index contributed by atoms with van der Waals surface area (Å²) in [7, 11) is 0. The molecular formula is C12H18N2O. The van der Waals surface area contributed by atoms with E-state index in [9.17, 15) is 4.79 Å². The molecule has 1 aromatic carbocycles. The van der Waals surface area contributed by atoms with Crippen molar-refractivity contribution in [1.82, 2.24) is 5.32 Å². The maximum Gasteiger partial charge on any atom is 0.251 e. The van der Waals surface area contributed by atoms with E-state index in [4.69, 9.17) is 5.73 Å². The van der Waals surface area contributed by atoms with Crippen LogP contribution in [0.1, 0.15) is 37.0 Å². The summed E-state index contributed by atoms with van der Waals surface area (Å²) in [6.45, 7) is 4.13. The lowest BCUT2D eigenvalue weighted by atomic mass is 10.1. The van der Waals surface area contributed by atoms with Crippen molar-refractivity contribution in [3.05, 3.63) is 29.8 Å². The molecule has 0 atom stereocenters.